The van der Waals surface area contributed by atoms with Crippen LogP contribution in [0.15, 0.2) is 18.2 Å². The van der Waals surface area contributed by atoms with E-state index in [2.05, 4.69) is 0 Å². The van der Waals surface area contributed by atoms with Gasteiger partial charge in [-0.05, 0) is 32.9 Å². The minimum Gasteiger partial charge on any atom is -0.481 e. The fourth-order valence-electron chi connectivity index (χ4n) is 1.38. The molecule has 1 aromatic rings. The molecule has 100 valence electrons. The number of rotatable bonds is 4. The standard InChI is InChI=1S/C13H18FNO3/c1-13(2,3)18-12(16)8-17-11-6-4-5-10(14)9(11)7-15/h4-6H,7-8,15H2,1-3H3. The lowest BCUT2D eigenvalue weighted by atomic mass is 10.2. The van der Waals surface area contributed by atoms with Gasteiger partial charge in [0.05, 0.1) is 0 Å². The molecule has 1 rings (SSSR count). The summed E-state index contributed by atoms with van der Waals surface area (Å²) in [7, 11) is 0. The Morgan fingerprint density at radius 2 is 2.06 bits per heavy atom. The Morgan fingerprint density at radius 1 is 1.39 bits per heavy atom. The fourth-order valence-corrected chi connectivity index (χ4v) is 1.38. The molecule has 0 aliphatic heterocycles. The second kappa shape index (κ2) is 5.82. The molecule has 0 amide bonds. The van der Waals surface area contributed by atoms with E-state index in [1.165, 1.54) is 12.1 Å². The molecule has 18 heavy (non-hydrogen) atoms. The number of benzene rings is 1. The van der Waals surface area contributed by atoms with Crippen molar-refractivity contribution in [1.29, 1.82) is 0 Å². The average molecular weight is 255 g/mol. The van der Waals surface area contributed by atoms with Crippen molar-refractivity contribution in [2.24, 2.45) is 5.73 Å². The highest BCUT2D eigenvalue weighted by Crippen LogP contribution is 2.21. The number of hydrogen-bond donors (Lipinski definition) is 1. The van der Waals surface area contributed by atoms with Crippen LogP contribution >= 0.6 is 0 Å². The van der Waals surface area contributed by atoms with Crippen LogP contribution in [0.25, 0.3) is 0 Å². The zero-order valence-electron chi connectivity index (χ0n) is 10.8. The molecule has 0 aliphatic carbocycles. The number of esters is 1. The minimum absolute atomic E-state index is 0.0102. The molecule has 0 radical (unpaired) electrons. The lowest BCUT2D eigenvalue weighted by Crippen LogP contribution is -2.27. The maximum Gasteiger partial charge on any atom is 0.344 e. The van der Waals surface area contributed by atoms with Gasteiger partial charge < -0.3 is 15.2 Å². The second-order valence-corrected chi connectivity index (χ2v) is 4.80. The maximum absolute atomic E-state index is 13.4. The van der Waals surface area contributed by atoms with Crippen LogP contribution in [0.2, 0.25) is 0 Å². The Labute approximate surface area is 106 Å². The van der Waals surface area contributed by atoms with Gasteiger partial charge in [-0.1, -0.05) is 6.07 Å². The van der Waals surface area contributed by atoms with Gasteiger partial charge in [0.2, 0.25) is 0 Å². The summed E-state index contributed by atoms with van der Waals surface area (Å²) in [6.07, 6.45) is 0. The van der Waals surface area contributed by atoms with Crippen LogP contribution in [0, 0.1) is 5.82 Å². The molecule has 0 unspecified atom stereocenters. The molecule has 0 aliphatic rings. The molecule has 0 spiro atoms. The lowest BCUT2D eigenvalue weighted by Gasteiger charge is -2.19. The van der Waals surface area contributed by atoms with E-state index < -0.39 is 17.4 Å². The van der Waals surface area contributed by atoms with Crippen molar-refractivity contribution >= 4 is 5.97 Å². The van der Waals surface area contributed by atoms with E-state index in [9.17, 15) is 9.18 Å². The van der Waals surface area contributed by atoms with Gasteiger partial charge in [-0.25, -0.2) is 9.18 Å². The molecule has 1 aromatic carbocycles. The first kappa shape index (κ1) is 14.4. The summed E-state index contributed by atoms with van der Waals surface area (Å²) in [6, 6.07) is 4.36. The van der Waals surface area contributed by atoms with Crippen LogP contribution in [0.3, 0.4) is 0 Å². The zero-order chi connectivity index (χ0) is 13.8. The molecule has 0 bridgehead atoms. The molecule has 0 saturated heterocycles. The van der Waals surface area contributed by atoms with E-state index in [0.29, 0.717) is 0 Å². The van der Waals surface area contributed by atoms with Crippen molar-refractivity contribution < 1.29 is 18.7 Å². The van der Waals surface area contributed by atoms with Crippen molar-refractivity contribution in [3.63, 3.8) is 0 Å². The number of carbonyl (C=O) groups excluding carboxylic acids is 1. The Kier molecular flexibility index (Phi) is 4.67. The van der Waals surface area contributed by atoms with Crippen LogP contribution in [0.1, 0.15) is 26.3 Å². The SMILES string of the molecule is CC(C)(C)OC(=O)COc1cccc(F)c1CN. The van der Waals surface area contributed by atoms with Gasteiger partial charge in [-0.2, -0.15) is 0 Å². The molecule has 5 heteroatoms. The smallest absolute Gasteiger partial charge is 0.344 e. The average Bonchev–Trinajstić information content (AvgIpc) is 2.24. The Bertz CT molecular complexity index is 427. The highest BCUT2D eigenvalue weighted by Gasteiger charge is 2.17. The summed E-state index contributed by atoms with van der Waals surface area (Å²) < 4.78 is 23.7. The van der Waals surface area contributed by atoms with Crippen LogP contribution < -0.4 is 10.5 Å². The third kappa shape index (κ3) is 4.33. The number of nitrogens with two attached hydrogens (primary N) is 1. The molecule has 0 saturated carbocycles. The van der Waals surface area contributed by atoms with Crippen molar-refractivity contribution in [2.45, 2.75) is 32.9 Å². The third-order valence-electron chi connectivity index (χ3n) is 2.05. The van der Waals surface area contributed by atoms with Gasteiger partial charge in [0.25, 0.3) is 0 Å². The monoisotopic (exact) mass is 255 g/mol. The molecule has 0 fully saturated rings. The summed E-state index contributed by atoms with van der Waals surface area (Å²) >= 11 is 0. The minimum atomic E-state index is -0.570. The van der Waals surface area contributed by atoms with Crippen LogP contribution in [-0.4, -0.2) is 18.2 Å². The Hall–Kier alpha value is -1.62. The molecule has 0 atom stereocenters. The van der Waals surface area contributed by atoms with E-state index in [0.717, 1.165) is 0 Å². The maximum atomic E-state index is 13.4. The lowest BCUT2D eigenvalue weighted by molar-refractivity contribution is -0.157. The summed E-state index contributed by atoms with van der Waals surface area (Å²) in [5.41, 5.74) is 5.10. The van der Waals surface area contributed by atoms with Gasteiger partial charge in [0.1, 0.15) is 17.2 Å². The second-order valence-electron chi connectivity index (χ2n) is 4.80. The predicted octanol–water partition coefficient (Wildman–Crippen LogP) is 2.00. The van der Waals surface area contributed by atoms with E-state index >= 15 is 0 Å². The van der Waals surface area contributed by atoms with Gasteiger partial charge in [-0.15, -0.1) is 0 Å². The Morgan fingerprint density at radius 3 is 2.61 bits per heavy atom. The van der Waals surface area contributed by atoms with E-state index in [1.807, 2.05) is 0 Å². The quantitative estimate of drug-likeness (QED) is 0.836. The Balaban J connectivity index is 2.64. The van der Waals surface area contributed by atoms with Gasteiger partial charge >= 0.3 is 5.97 Å². The topological polar surface area (TPSA) is 61.5 Å². The third-order valence-corrected chi connectivity index (χ3v) is 2.05. The molecule has 0 heterocycles. The number of ether oxygens (including phenoxy) is 2. The van der Waals surface area contributed by atoms with Crippen molar-refractivity contribution in [2.75, 3.05) is 6.61 Å². The van der Waals surface area contributed by atoms with Gasteiger partial charge in [-0.3, -0.25) is 0 Å². The highest BCUT2D eigenvalue weighted by molar-refractivity contribution is 5.71. The number of hydrogen-bond acceptors (Lipinski definition) is 4. The van der Waals surface area contributed by atoms with Crippen molar-refractivity contribution in [1.82, 2.24) is 0 Å². The van der Waals surface area contributed by atoms with E-state index in [1.54, 1.807) is 26.8 Å². The van der Waals surface area contributed by atoms with E-state index in [4.69, 9.17) is 15.2 Å². The largest absolute Gasteiger partial charge is 0.481 e. The zero-order valence-corrected chi connectivity index (χ0v) is 10.8. The van der Waals surface area contributed by atoms with Crippen LogP contribution in [-0.2, 0) is 16.1 Å². The molecular formula is C13H18FNO3. The highest BCUT2D eigenvalue weighted by atomic mass is 19.1. The van der Waals surface area contributed by atoms with Crippen molar-refractivity contribution in [3.8, 4) is 5.75 Å². The summed E-state index contributed by atoms with van der Waals surface area (Å²) in [5.74, 6) is -0.683. The van der Waals surface area contributed by atoms with E-state index in [-0.39, 0.29) is 24.5 Å². The molecule has 2 N–H and O–H groups in total. The first-order valence-electron chi connectivity index (χ1n) is 5.65. The number of carbonyl (C=O) groups is 1. The molecule has 0 aromatic heterocycles. The fraction of sp³-hybridized carbons (Fsp3) is 0.462. The summed E-state index contributed by atoms with van der Waals surface area (Å²) in [6.45, 7) is 5.03. The molecular weight excluding hydrogens is 237 g/mol. The first-order valence-corrected chi connectivity index (χ1v) is 5.65. The summed E-state index contributed by atoms with van der Waals surface area (Å²) in [4.78, 5) is 11.4. The van der Waals surface area contributed by atoms with Gasteiger partial charge in [0, 0.05) is 12.1 Å². The normalized spacial score (nSPS) is 11.2. The molecule has 4 nitrogen and oxygen atoms in total. The van der Waals surface area contributed by atoms with Crippen molar-refractivity contribution in [3.05, 3.63) is 29.6 Å². The van der Waals surface area contributed by atoms with Crippen LogP contribution in [0.5, 0.6) is 5.75 Å². The first-order chi connectivity index (χ1) is 8.33. The summed E-state index contributed by atoms with van der Waals surface area (Å²) in [5, 5.41) is 0. The van der Waals surface area contributed by atoms with Gasteiger partial charge in [0.15, 0.2) is 6.61 Å². The predicted molar refractivity (Wildman–Crippen MR) is 65.6 cm³/mol. The number of halogens is 1. The van der Waals surface area contributed by atoms with Crippen LogP contribution in [0.4, 0.5) is 4.39 Å².